The van der Waals surface area contributed by atoms with Crippen molar-refractivity contribution in [1.29, 1.82) is 0 Å². The third kappa shape index (κ3) is 5.58. The Morgan fingerprint density at radius 1 is 1.00 bits per heavy atom. The maximum Gasteiger partial charge on any atom is 0.314 e. The smallest absolute Gasteiger partial charge is 0.314 e. The number of ether oxygens (including phenoxy) is 3. The molecule has 196 valence electrons. The fraction of sp³-hybridized carbons (Fsp3) is 0.519. The van der Waals surface area contributed by atoms with Crippen LogP contribution in [0.3, 0.4) is 0 Å². The van der Waals surface area contributed by atoms with Crippen LogP contribution in [0, 0.1) is 40.5 Å². The third-order valence-corrected chi connectivity index (χ3v) is 7.14. The lowest BCUT2D eigenvalue weighted by Gasteiger charge is -2.46. The molecule has 1 heterocycles. The van der Waals surface area contributed by atoms with E-state index in [0.29, 0.717) is 51.0 Å². The minimum Gasteiger partial charge on any atom is -0.426 e. The molecule has 2 fully saturated rings. The summed E-state index contributed by atoms with van der Waals surface area (Å²) in [5.74, 6) is -8.35. The van der Waals surface area contributed by atoms with Crippen LogP contribution in [0.15, 0.2) is 30.3 Å². The quantitative estimate of drug-likeness (QED) is 0.220. The predicted molar refractivity (Wildman–Crippen MR) is 123 cm³/mol. The number of hydrogen-bond donors (Lipinski definition) is 1. The molecule has 36 heavy (non-hydrogen) atoms. The summed E-state index contributed by atoms with van der Waals surface area (Å²) in [5.41, 5.74) is -0.477. The van der Waals surface area contributed by atoms with Gasteiger partial charge in [-0.2, -0.15) is 0 Å². The van der Waals surface area contributed by atoms with Gasteiger partial charge in [-0.05, 0) is 61.9 Å². The molecule has 1 N–H and O–H groups in total. The van der Waals surface area contributed by atoms with Crippen LogP contribution in [0.2, 0.25) is 0 Å². The molecule has 5 nitrogen and oxygen atoms in total. The van der Waals surface area contributed by atoms with Gasteiger partial charge in [0.1, 0.15) is 11.6 Å². The van der Waals surface area contributed by atoms with Crippen LogP contribution in [-0.4, -0.2) is 30.3 Å². The maximum absolute atomic E-state index is 14.6. The van der Waals surface area contributed by atoms with Crippen molar-refractivity contribution in [2.75, 3.05) is 13.2 Å². The zero-order valence-electron chi connectivity index (χ0n) is 20.3. The molecule has 0 bridgehead atoms. The van der Waals surface area contributed by atoms with Gasteiger partial charge in [0.25, 0.3) is 5.97 Å². The molecule has 2 aromatic rings. The summed E-state index contributed by atoms with van der Waals surface area (Å²) in [6.45, 7) is 4.95. The van der Waals surface area contributed by atoms with E-state index in [1.165, 1.54) is 12.1 Å². The first-order valence-electron chi connectivity index (χ1n) is 12.2. The van der Waals surface area contributed by atoms with Gasteiger partial charge >= 0.3 is 5.97 Å². The van der Waals surface area contributed by atoms with Crippen LogP contribution in [0.1, 0.15) is 52.4 Å². The van der Waals surface area contributed by atoms with Gasteiger partial charge in [0.2, 0.25) is 0 Å². The Labute approximate surface area is 207 Å². The fourth-order valence-electron chi connectivity index (χ4n) is 5.02. The van der Waals surface area contributed by atoms with Crippen LogP contribution in [0.4, 0.5) is 17.6 Å². The second-order valence-electron chi connectivity index (χ2n) is 10.1. The minimum atomic E-state index is -1.67. The van der Waals surface area contributed by atoms with Crippen LogP contribution in [0.5, 0.6) is 5.75 Å². The average Bonchev–Trinajstić information content (AvgIpc) is 2.85. The van der Waals surface area contributed by atoms with Gasteiger partial charge in [-0.3, -0.25) is 4.79 Å². The van der Waals surface area contributed by atoms with E-state index in [-0.39, 0.29) is 28.2 Å². The monoisotopic (exact) mass is 510 g/mol. The zero-order chi connectivity index (χ0) is 26.1. The molecular formula is C27H30F4O5. The first-order chi connectivity index (χ1) is 17.0. The molecule has 2 aliphatic rings. The Kier molecular flexibility index (Phi) is 7.73. The lowest BCUT2D eigenvalue weighted by atomic mass is 9.79. The van der Waals surface area contributed by atoms with Crippen molar-refractivity contribution >= 4 is 5.97 Å². The van der Waals surface area contributed by atoms with Crippen molar-refractivity contribution < 1.29 is 41.7 Å². The SMILES string of the molecule is CCCC1(C)COC(O)(C2CCC(C(=O)Oc3ccc(-c4cc(F)c(F)c(F)c4)c(F)c3)CC2)OC1. The van der Waals surface area contributed by atoms with Gasteiger partial charge in [0.05, 0.1) is 19.1 Å². The van der Waals surface area contributed by atoms with E-state index in [0.717, 1.165) is 18.9 Å². The van der Waals surface area contributed by atoms with E-state index in [9.17, 15) is 27.5 Å². The summed E-state index contributed by atoms with van der Waals surface area (Å²) in [5, 5.41) is 10.9. The highest BCUT2D eigenvalue weighted by Crippen LogP contribution is 2.42. The largest absolute Gasteiger partial charge is 0.426 e. The molecule has 0 aromatic heterocycles. The van der Waals surface area contributed by atoms with E-state index in [2.05, 4.69) is 13.8 Å². The molecule has 0 radical (unpaired) electrons. The molecule has 2 aromatic carbocycles. The molecule has 0 spiro atoms. The maximum atomic E-state index is 14.6. The van der Waals surface area contributed by atoms with E-state index in [1.54, 1.807) is 0 Å². The molecule has 0 atom stereocenters. The molecule has 0 unspecified atom stereocenters. The number of carbonyl (C=O) groups is 1. The van der Waals surface area contributed by atoms with Gasteiger partial charge in [0, 0.05) is 23.0 Å². The first kappa shape index (κ1) is 26.6. The molecule has 1 saturated heterocycles. The van der Waals surface area contributed by atoms with Crippen molar-refractivity contribution in [3.8, 4) is 16.9 Å². The number of aliphatic hydroxyl groups is 1. The fourth-order valence-corrected chi connectivity index (χ4v) is 5.02. The third-order valence-electron chi connectivity index (χ3n) is 7.14. The van der Waals surface area contributed by atoms with Crippen LogP contribution in [-0.2, 0) is 14.3 Å². The predicted octanol–water partition coefficient (Wildman–Crippen LogP) is 6.12. The second kappa shape index (κ2) is 10.5. The number of benzene rings is 2. The van der Waals surface area contributed by atoms with E-state index in [4.69, 9.17) is 14.2 Å². The molecule has 0 amide bonds. The average molecular weight is 511 g/mol. The van der Waals surface area contributed by atoms with Gasteiger partial charge in [-0.25, -0.2) is 17.6 Å². The highest BCUT2D eigenvalue weighted by Gasteiger charge is 2.48. The lowest BCUT2D eigenvalue weighted by molar-refractivity contribution is -0.427. The molecular weight excluding hydrogens is 480 g/mol. The van der Waals surface area contributed by atoms with E-state index >= 15 is 0 Å². The Morgan fingerprint density at radius 3 is 2.17 bits per heavy atom. The van der Waals surface area contributed by atoms with E-state index < -0.39 is 41.1 Å². The summed E-state index contributed by atoms with van der Waals surface area (Å²) in [6.07, 6.45) is 3.80. The summed E-state index contributed by atoms with van der Waals surface area (Å²) in [7, 11) is 0. The summed E-state index contributed by atoms with van der Waals surface area (Å²) < 4.78 is 71.7. The second-order valence-corrected chi connectivity index (χ2v) is 10.1. The number of carbonyl (C=O) groups excluding carboxylic acids is 1. The highest BCUT2D eigenvalue weighted by atomic mass is 19.2. The zero-order valence-corrected chi connectivity index (χ0v) is 20.3. The number of hydrogen-bond acceptors (Lipinski definition) is 5. The number of esters is 1. The van der Waals surface area contributed by atoms with Gasteiger partial charge in [-0.15, -0.1) is 0 Å². The number of rotatable bonds is 6. The normalized spacial score (nSPS) is 28.6. The Balaban J connectivity index is 1.34. The standard InChI is InChI=1S/C27H30F4O5/c1-3-10-26(2)14-34-27(33,35-15-26)18-6-4-16(5-7-18)25(32)36-19-8-9-20(21(28)13-19)17-11-22(29)24(31)23(30)12-17/h8-9,11-13,16,18,33H,3-7,10,14-15H2,1-2H3. The minimum absolute atomic E-state index is 0.0563. The Hall–Kier alpha value is -2.49. The van der Waals surface area contributed by atoms with Gasteiger partial charge in [0.15, 0.2) is 17.5 Å². The lowest BCUT2D eigenvalue weighted by Crippen LogP contribution is -2.53. The molecule has 4 rings (SSSR count). The molecule has 1 aliphatic carbocycles. The Morgan fingerprint density at radius 2 is 1.61 bits per heavy atom. The number of halogens is 4. The summed E-state index contributed by atoms with van der Waals surface area (Å²) in [6, 6.07) is 4.84. The van der Waals surface area contributed by atoms with Crippen molar-refractivity contribution in [3.05, 3.63) is 53.6 Å². The highest BCUT2D eigenvalue weighted by molar-refractivity contribution is 5.75. The summed E-state index contributed by atoms with van der Waals surface area (Å²) >= 11 is 0. The molecule has 1 saturated carbocycles. The van der Waals surface area contributed by atoms with Crippen molar-refractivity contribution in [2.24, 2.45) is 17.3 Å². The van der Waals surface area contributed by atoms with Crippen LogP contribution < -0.4 is 4.74 Å². The van der Waals surface area contributed by atoms with Crippen LogP contribution >= 0.6 is 0 Å². The van der Waals surface area contributed by atoms with E-state index in [1.807, 2.05) is 0 Å². The van der Waals surface area contributed by atoms with Crippen LogP contribution in [0.25, 0.3) is 11.1 Å². The first-order valence-corrected chi connectivity index (χ1v) is 12.2. The topological polar surface area (TPSA) is 65.0 Å². The summed E-state index contributed by atoms with van der Waals surface area (Å²) in [4.78, 5) is 12.7. The Bertz CT molecular complexity index is 1080. The molecule has 1 aliphatic heterocycles. The van der Waals surface area contributed by atoms with Crippen molar-refractivity contribution in [1.82, 2.24) is 0 Å². The van der Waals surface area contributed by atoms with Crippen molar-refractivity contribution in [2.45, 2.75) is 58.3 Å². The van der Waals surface area contributed by atoms with Gasteiger partial charge in [-0.1, -0.05) is 20.3 Å². The van der Waals surface area contributed by atoms with Gasteiger partial charge < -0.3 is 19.3 Å². The van der Waals surface area contributed by atoms with Crippen molar-refractivity contribution in [3.63, 3.8) is 0 Å². The molecule has 9 heteroatoms.